The molecule has 1 aliphatic rings. The minimum atomic E-state index is -0.440. The van der Waals surface area contributed by atoms with Crippen LogP contribution in [0.15, 0.2) is 0 Å². The van der Waals surface area contributed by atoms with Gasteiger partial charge in [0.15, 0.2) is 0 Å². The second kappa shape index (κ2) is 6.95. The predicted molar refractivity (Wildman–Crippen MR) is 70.5 cm³/mol. The number of nitrogens with two attached hydrogens (primary N) is 1. The SMILES string of the molecule is CC(C)(C)OC(=O)N1CCCC1COCCCN. The first-order chi connectivity index (χ1) is 8.44. The van der Waals surface area contributed by atoms with E-state index in [1.165, 1.54) is 0 Å². The van der Waals surface area contributed by atoms with Gasteiger partial charge in [0.25, 0.3) is 0 Å². The van der Waals surface area contributed by atoms with Gasteiger partial charge in [0.05, 0.1) is 12.6 Å². The summed E-state index contributed by atoms with van der Waals surface area (Å²) >= 11 is 0. The first kappa shape index (κ1) is 15.2. The molecule has 18 heavy (non-hydrogen) atoms. The summed E-state index contributed by atoms with van der Waals surface area (Å²) in [5, 5.41) is 0. The van der Waals surface area contributed by atoms with Gasteiger partial charge in [0.1, 0.15) is 5.60 Å². The summed E-state index contributed by atoms with van der Waals surface area (Å²) in [6.07, 6.45) is 2.64. The van der Waals surface area contributed by atoms with Gasteiger partial charge < -0.3 is 20.1 Å². The molecule has 0 aromatic carbocycles. The molecule has 106 valence electrons. The first-order valence-corrected chi connectivity index (χ1v) is 6.71. The highest BCUT2D eigenvalue weighted by molar-refractivity contribution is 5.68. The third kappa shape index (κ3) is 5.23. The monoisotopic (exact) mass is 258 g/mol. The third-order valence-corrected chi connectivity index (χ3v) is 2.81. The van der Waals surface area contributed by atoms with Crippen LogP contribution in [0.4, 0.5) is 4.79 Å². The Morgan fingerprint density at radius 2 is 2.17 bits per heavy atom. The average Bonchev–Trinajstić information content (AvgIpc) is 2.70. The van der Waals surface area contributed by atoms with E-state index in [1.54, 1.807) is 4.90 Å². The molecule has 0 aromatic heterocycles. The summed E-state index contributed by atoms with van der Waals surface area (Å²) in [4.78, 5) is 13.8. The second-order valence-corrected chi connectivity index (χ2v) is 5.69. The number of hydrogen-bond acceptors (Lipinski definition) is 4. The van der Waals surface area contributed by atoms with Crippen LogP contribution in [-0.2, 0) is 9.47 Å². The van der Waals surface area contributed by atoms with Crippen molar-refractivity contribution < 1.29 is 14.3 Å². The van der Waals surface area contributed by atoms with Crippen LogP contribution in [0.1, 0.15) is 40.0 Å². The fourth-order valence-electron chi connectivity index (χ4n) is 1.97. The van der Waals surface area contributed by atoms with E-state index in [9.17, 15) is 4.79 Å². The van der Waals surface area contributed by atoms with E-state index < -0.39 is 5.60 Å². The lowest BCUT2D eigenvalue weighted by Gasteiger charge is -2.28. The molecule has 1 amide bonds. The van der Waals surface area contributed by atoms with Gasteiger partial charge >= 0.3 is 6.09 Å². The van der Waals surface area contributed by atoms with Gasteiger partial charge in [-0.3, -0.25) is 0 Å². The lowest BCUT2D eigenvalue weighted by atomic mass is 10.2. The molecule has 0 aliphatic carbocycles. The van der Waals surface area contributed by atoms with Crippen molar-refractivity contribution in [3.8, 4) is 0 Å². The van der Waals surface area contributed by atoms with E-state index in [-0.39, 0.29) is 12.1 Å². The average molecular weight is 258 g/mol. The number of rotatable bonds is 5. The summed E-state index contributed by atoms with van der Waals surface area (Å²) in [5.41, 5.74) is 4.96. The molecule has 5 nitrogen and oxygen atoms in total. The highest BCUT2D eigenvalue weighted by atomic mass is 16.6. The molecule has 1 aliphatic heterocycles. The first-order valence-electron chi connectivity index (χ1n) is 6.71. The van der Waals surface area contributed by atoms with Crippen LogP contribution >= 0.6 is 0 Å². The Balaban J connectivity index is 2.36. The van der Waals surface area contributed by atoms with Crippen LogP contribution in [-0.4, -0.2) is 48.9 Å². The van der Waals surface area contributed by atoms with E-state index in [1.807, 2.05) is 20.8 Å². The van der Waals surface area contributed by atoms with Crippen molar-refractivity contribution in [1.29, 1.82) is 0 Å². The van der Waals surface area contributed by atoms with Crippen LogP contribution in [0.25, 0.3) is 0 Å². The molecule has 0 aromatic rings. The Labute approximate surface area is 110 Å². The van der Waals surface area contributed by atoms with E-state index >= 15 is 0 Å². The Bertz CT molecular complexity index is 263. The number of likely N-dealkylation sites (tertiary alicyclic amines) is 1. The smallest absolute Gasteiger partial charge is 0.410 e. The van der Waals surface area contributed by atoms with Gasteiger partial charge in [-0.15, -0.1) is 0 Å². The molecule has 0 bridgehead atoms. The van der Waals surface area contributed by atoms with Crippen LogP contribution in [0.5, 0.6) is 0 Å². The normalized spacial score (nSPS) is 20.2. The molecular weight excluding hydrogens is 232 g/mol. The number of amides is 1. The maximum Gasteiger partial charge on any atom is 0.410 e. The molecule has 0 radical (unpaired) electrons. The summed E-state index contributed by atoms with van der Waals surface area (Å²) in [7, 11) is 0. The Morgan fingerprint density at radius 1 is 1.44 bits per heavy atom. The van der Waals surface area contributed by atoms with Crippen molar-refractivity contribution in [2.75, 3.05) is 26.3 Å². The number of carbonyl (C=O) groups excluding carboxylic acids is 1. The molecule has 1 unspecified atom stereocenters. The van der Waals surface area contributed by atoms with Crippen molar-refractivity contribution in [2.45, 2.75) is 51.7 Å². The van der Waals surface area contributed by atoms with Crippen LogP contribution in [0, 0.1) is 0 Å². The van der Waals surface area contributed by atoms with Crippen molar-refractivity contribution in [3.63, 3.8) is 0 Å². The minimum absolute atomic E-state index is 0.151. The van der Waals surface area contributed by atoms with Gasteiger partial charge in [0.2, 0.25) is 0 Å². The molecule has 1 saturated heterocycles. The fraction of sp³-hybridized carbons (Fsp3) is 0.923. The molecule has 5 heteroatoms. The van der Waals surface area contributed by atoms with Gasteiger partial charge in [-0.25, -0.2) is 4.79 Å². The molecule has 1 fully saturated rings. The summed E-state index contributed by atoms with van der Waals surface area (Å²) in [6, 6.07) is 0.151. The maximum absolute atomic E-state index is 12.0. The third-order valence-electron chi connectivity index (χ3n) is 2.81. The summed E-state index contributed by atoms with van der Waals surface area (Å²) in [5.74, 6) is 0. The molecule has 0 spiro atoms. The largest absolute Gasteiger partial charge is 0.444 e. The number of carbonyl (C=O) groups is 1. The van der Waals surface area contributed by atoms with Gasteiger partial charge in [0, 0.05) is 13.2 Å². The minimum Gasteiger partial charge on any atom is -0.444 e. The zero-order valence-corrected chi connectivity index (χ0v) is 11.8. The van der Waals surface area contributed by atoms with Crippen LogP contribution < -0.4 is 5.73 Å². The van der Waals surface area contributed by atoms with E-state index in [0.29, 0.717) is 19.8 Å². The maximum atomic E-state index is 12.0. The zero-order valence-electron chi connectivity index (χ0n) is 11.8. The van der Waals surface area contributed by atoms with Crippen molar-refractivity contribution >= 4 is 6.09 Å². The standard InChI is InChI=1S/C13H26N2O3/c1-13(2,3)18-12(16)15-8-4-6-11(15)10-17-9-5-7-14/h11H,4-10,14H2,1-3H3. The molecule has 2 N–H and O–H groups in total. The lowest BCUT2D eigenvalue weighted by Crippen LogP contribution is -2.41. The molecule has 1 rings (SSSR count). The van der Waals surface area contributed by atoms with Gasteiger partial charge in [-0.2, -0.15) is 0 Å². The number of hydrogen-bond donors (Lipinski definition) is 1. The Morgan fingerprint density at radius 3 is 2.78 bits per heavy atom. The Kier molecular flexibility index (Phi) is 5.88. The predicted octanol–water partition coefficient (Wildman–Crippen LogP) is 1.75. The van der Waals surface area contributed by atoms with Crippen molar-refractivity contribution in [2.24, 2.45) is 5.73 Å². The topological polar surface area (TPSA) is 64.8 Å². The Hall–Kier alpha value is -0.810. The number of ether oxygens (including phenoxy) is 2. The van der Waals surface area contributed by atoms with E-state index in [2.05, 4.69) is 0 Å². The van der Waals surface area contributed by atoms with Crippen molar-refractivity contribution in [3.05, 3.63) is 0 Å². The highest BCUT2D eigenvalue weighted by Crippen LogP contribution is 2.20. The van der Waals surface area contributed by atoms with Crippen LogP contribution in [0.2, 0.25) is 0 Å². The fourth-order valence-corrected chi connectivity index (χ4v) is 1.97. The van der Waals surface area contributed by atoms with E-state index in [0.717, 1.165) is 25.8 Å². The highest BCUT2D eigenvalue weighted by Gasteiger charge is 2.32. The van der Waals surface area contributed by atoms with Crippen LogP contribution in [0.3, 0.4) is 0 Å². The lowest BCUT2D eigenvalue weighted by molar-refractivity contribution is 0.0106. The van der Waals surface area contributed by atoms with Gasteiger partial charge in [-0.1, -0.05) is 0 Å². The zero-order chi connectivity index (χ0) is 13.6. The quantitative estimate of drug-likeness (QED) is 0.763. The summed E-state index contributed by atoms with van der Waals surface area (Å²) < 4.78 is 10.9. The van der Waals surface area contributed by atoms with Gasteiger partial charge in [-0.05, 0) is 46.6 Å². The molecule has 1 atom stereocenters. The second-order valence-electron chi connectivity index (χ2n) is 5.69. The molecule has 0 saturated carbocycles. The van der Waals surface area contributed by atoms with Crippen molar-refractivity contribution in [1.82, 2.24) is 4.90 Å². The van der Waals surface area contributed by atoms with E-state index in [4.69, 9.17) is 15.2 Å². The molecular formula is C13H26N2O3. The molecule has 1 heterocycles. The summed E-state index contributed by atoms with van der Waals surface area (Å²) in [6.45, 7) is 8.30. The number of nitrogens with zero attached hydrogens (tertiary/aromatic N) is 1.